The van der Waals surface area contributed by atoms with Gasteiger partial charge in [0.05, 0.1) is 6.54 Å². The van der Waals surface area contributed by atoms with Crippen LogP contribution in [0.1, 0.15) is 24.0 Å². The fourth-order valence-electron chi connectivity index (χ4n) is 1.81. The van der Waals surface area contributed by atoms with Crippen molar-refractivity contribution in [1.29, 1.82) is 0 Å². The van der Waals surface area contributed by atoms with Crippen molar-refractivity contribution in [2.45, 2.75) is 19.3 Å². The summed E-state index contributed by atoms with van der Waals surface area (Å²) in [5.41, 5.74) is 2.11. The highest BCUT2D eigenvalue weighted by molar-refractivity contribution is 5.95. The molecule has 1 N–H and O–H groups in total. The third-order valence-electron chi connectivity index (χ3n) is 2.62. The van der Waals surface area contributed by atoms with Gasteiger partial charge in [-0.2, -0.15) is 0 Å². The summed E-state index contributed by atoms with van der Waals surface area (Å²) in [6, 6.07) is 7.94. The molecule has 0 aliphatic carbocycles. The average molecular weight is 233 g/mol. The SMILES string of the molecule is O=C(O)CCCc1cccc(C2=NCCO2)c1. The van der Waals surface area contributed by atoms with Crippen LogP contribution in [-0.2, 0) is 16.0 Å². The van der Waals surface area contributed by atoms with Crippen LogP contribution in [0, 0.1) is 0 Å². The van der Waals surface area contributed by atoms with Crippen molar-refractivity contribution in [2.75, 3.05) is 13.2 Å². The van der Waals surface area contributed by atoms with E-state index in [2.05, 4.69) is 4.99 Å². The standard InChI is InChI=1S/C13H15NO3/c15-12(16)6-2-4-10-3-1-5-11(9-10)13-14-7-8-17-13/h1,3,5,9H,2,4,6-8H2,(H,15,16). The minimum atomic E-state index is -0.746. The molecule has 1 aliphatic rings. The van der Waals surface area contributed by atoms with Crippen LogP contribution in [0.2, 0.25) is 0 Å². The number of rotatable bonds is 5. The summed E-state index contributed by atoms with van der Waals surface area (Å²) in [5, 5.41) is 8.58. The summed E-state index contributed by atoms with van der Waals surface area (Å²) in [7, 11) is 0. The number of aliphatic imine (C=N–C) groups is 1. The number of hydrogen-bond acceptors (Lipinski definition) is 3. The second-order valence-corrected chi connectivity index (χ2v) is 3.98. The van der Waals surface area contributed by atoms with Crippen LogP contribution in [0.25, 0.3) is 0 Å². The molecule has 0 saturated heterocycles. The number of aliphatic carboxylic acids is 1. The van der Waals surface area contributed by atoms with Crippen LogP contribution in [0.15, 0.2) is 29.3 Å². The van der Waals surface area contributed by atoms with Crippen LogP contribution < -0.4 is 0 Å². The van der Waals surface area contributed by atoms with E-state index in [0.29, 0.717) is 18.9 Å². The van der Waals surface area contributed by atoms with Gasteiger partial charge in [0.15, 0.2) is 0 Å². The van der Waals surface area contributed by atoms with Crippen LogP contribution in [0.4, 0.5) is 0 Å². The Morgan fingerprint density at radius 3 is 3.06 bits per heavy atom. The Kier molecular flexibility index (Phi) is 3.75. The molecule has 2 rings (SSSR count). The second-order valence-electron chi connectivity index (χ2n) is 3.98. The molecule has 0 aromatic heterocycles. The zero-order chi connectivity index (χ0) is 12.1. The van der Waals surface area contributed by atoms with E-state index in [1.54, 1.807) is 0 Å². The summed E-state index contributed by atoms with van der Waals surface area (Å²) < 4.78 is 5.39. The van der Waals surface area contributed by atoms with E-state index in [9.17, 15) is 4.79 Å². The van der Waals surface area contributed by atoms with Crippen LogP contribution >= 0.6 is 0 Å². The molecule has 0 spiro atoms. The molecule has 1 heterocycles. The van der Waals surface area contributed by atoms with Gasteiger partial charge in [0.1, 0.15) is 6.61 Å². The summed E-state index contributed by atoms with van der Waals surface area (Å²) in [4.78, 5) is 14.7. The van der Waals surface area contributed by atoms with Crippen molar-refractivity contribution in [3.05, 3.63) is 35.4 Å². The van der Waals surface area contributed by atoms with Gasteiger partial charge in [0.25, 0.3) is 0 Å². The monoisotopic (exact) mass is 233 g/mol. The molecule has 4 nitrogen and oxygen atoms in total. The molecule has 0 amide bonds. The summed E-state index contributed by atoms with van der Waals surface area (Å²) in [6.45, 7) is 1.37. The molecule has 1 aromatic carbocycles. The largest absolute Gasteiger partial charge is 0.481 e. The Morgan fingerprint density at radius 1 is 1.47 bits per heavy atom. The van der Waals surface area contributed by atoms with E-state index >= 15 is 0 Å². The van der Waals surface area contributed by atoms with E-state index in [4.69, 9.17) is 9.84 Å². The minimum absolute atomic E-state index is 0.210. The molecule has 0 saturated carbocycles. The van der Waals surface area contributed by atoms with E-state index in [0.717, 1.165) is 24.1 Å². The third-order valence-corrected chi connectivity index (χ3v) is 2.62. The first-order valence-electron chi connectivity index (χ1n) is 5.74. The van der Waals surface area contributed by atoms with Gasteiger partial charge in [0.2, 0.25) is 5.90 Å². The second kappa shape index (κ2) is 5.48. The Bertz CT molecular complexity index is 440. The maximum Gasteiger partial charge on any atom is 0.303 e. The van der Waals surface area contributed by atoms with Gasteiger partial charge >= 0.3 is 5.97 Å². The fraction of sp³-hybridized carbons (Fsp3) is 0.385. The molecule has 0 unspecified atom stereocenters. The minimum Gasteiger partial charge on any atom is -0.481 e. The topological polar surface area (TPSA) is 58.9 Å². The average Bonchev–Trinajstić information content (AvgIpc) is 2.82. The number of nitrogens with zero attached hydrogens (tertiary/aromatic N) is 1. The van der Waals surface area contributed by atoms with Crippen molar-refractivity contribution >= 4 is 11.9 Å². The Hall–Kier alpha value is -1.84. The highest BCUT2D eigenvalue weighted by Gasteiger charge is 2.10. The van der Waals surface area contributed by atoms with Gasteiger partial charge in [0, 0.05) is 12.0 Å². The highest BCUT2D eigenvalue weighted by Crippen LogP contribution is 2.12. The molecule has 0 bridgehead atoms. The zero-order valence-corrected chi connectivity index (χ0v) is 9.56. The lowest BCUT2D eigenvalue weighted by Gasteiger charge is -2.04. The molecular weight excluding hydrogens is 218 g/mol. The maximum atomic E-state index is 10.4. The Morgan fingerprint density at radius 2 is 2.35 bits per heavy atom. The number of benzene rings is 1. The smallest absolute Gasteiger partial charge is 0.303 e. The molecule has 17 heavy (non-hydrogen) atoms. The van der Waals surface area contributed by atoms with Gasteiger partial charge in [-0.3, -0.25) is 4.79 Å². The predicted octanol–water partition coefficient (Wildman–Crippen LogP) is 1.87. The lowest BCUT2D eigenvalue weighted by Crippen LogP contribution is -2.02. The van der Waals surface area contributed by atoms with E-state index in [1.165, 1.54) is 0 Å². The first-order chi connectivity index (χ1) is 8.25. The quantitative estimate of drug-likeness (QED) is 0.844. The first-order valence-corrected chi connectivity index (χ1v) is 5.74. The Labute approximate surface area is 99.9 Å². The molecule has 1 aliphatic heterocycles. The highest BCUT2D eigenvalue weighted by atomic mass is 16.5. The lowest BCUT2D eigenvalue weighted by atomic mass is 10.1. The van der Waals surface area contributed by atoms with Crippen molar-refractivity contribution in [3.8, 4) is 0 Å². The molecule has 1 aromatic rings. The van der Waals surface area contributed by atoms with Crippen LogP contribution in [0.3, 0.4) is 0 Å². The third kappa shape index (κ3) is 3.31. The van der Waals surface area contributed by atoms with Crippen LogP contribution in [0.5, 0.6) is 0 Å². The zero-order valence-electron chi connectivity index (χ0n) is 9.56. The number of carboxylic acids is 1. The molecule has 0 radical (unpaired) electrons. The molecule has 90 valence electrons. The van der Waals surface area contributed by atoms with Crippen LogP contribution in [-0.4, -0.2) is 30.1 Å². The molecule has 0 atom stereocenters. The first kappa shape index (κ1) is 11.6. The van der Waals surface area contributed by atoms with Gasteiger partial charge < -0.3 is 9.84 Å². The van der Waals surface area contributed by atoms with E-state index < -0.39 is 5.97 Å². The number of aryl methyl sites for hydroxylation is 1. The molecular formula is C13H15NO3. The maximum absolute atomic E-state index is 10.4. The number of carbonyl (C=O) groups is 1. The van der Waals surface area contributed by atoms with Gasteiger partial charge in [-0.1, -0.05) is 12.1 Å². The predicted molar refractivity (Wildman–Crippen MR) is 64.4 cm³/mol. The number of hydrogen-bond donors (Lipinski definition) is 1. The van der Waals surface area contributed by atoms with E-state index in [1.807, 2.05) is 24.3 Å². The summed E-state index contributed by atoms with van der Waals surface area (Å²) >= 11 is 0. The van der Waals surface area contributed by atoms with E-state index in [-0.39, 0.29) is 6.42 Å². The normalized spacial score (nSPS) is 14.2. The Balaban J connectivity index is 1.99. The number of carboxylic acid groups (broad SMARTS) is 1. The molecule has 4 heteroatoms. The summed E-state index contributed by atoms with van der Waals surface area (Å²) in [6.07, 6.45) is 1.64. The van der Waals surface area contributed by atoms with Crippen molar-refractivity contribution in [3.63, 3.8) is 0 Å². The van der Waals surface area contributed by atoms with Crippen molar-refractivity contribution in [2.24, 2.45) is 4.99 Å². The lowest BCUT2D eigenvalue weighted by molar-refractivity contribution is -0.137. The molecule has 0 fully saturated rings. The summed E-state index contributed by atoms with van der Waals surface area (Å²) in [5.74, 6) is -0.0465. The van der Waals surface area contributed by atoms with Gasteiger partial charge in [-0.05, 0) is 30.5 Å². The number of ether oxygens (including phenoxy) is 1. The fourth-order valence-corrected chi connectivity index (χ4v) is 1.81. The van der Waals surface area contributed by atoms with Gasteiger partial charge in [-0.15, -0.1) is 0 Å². The van der Waals surface area contributed by atoms with Crippen molar-refractivity contribution in [1.82, 2.24) is 0 Å². The van der Waals surface area contributed by atoms with Gasteiger partial charge in [-0.25, -0.2) is 4.99 Å². The van der Waals surface area contributed by atoms with Crippen molar-refractivity contribution < 1.29 is 14.6 Å².